The number of rotatable bonds is 5. The maximum Gasteiger partial charge on any atom is 0.247 e. The van der Waals surface area contributed by atoms with Crippen LogP contribution < -0.4 is 20.3 Å². The summed E-state index contributed by atoms with van der Waals surface area (Å²) >= 11 is 5.83. The van der Waals surface area contributed by atoms with E-state index in [4.69, 9.17) is 11.6 Å². The van der Waals surface area contributed by atoms with Crippen LogP contribution in [0, 0.1) is 0 Å². The van der Waals surface area contributed by atoms with Crippen LogP contribution in [-0.4, -0.2) is 45.4 Å². The van der Waals surface area contributed by atoms with E-state index in [0.29, 0.717) is 18.0 Å². The van der Waals surface area contributed by atoms with Gasteiger partial charge in [0.25, 0.3) is 0 Å². The van der Waals surface area contributed by atoms with E-state index < -0.39 is 22.5 Å². The largest absolute Gasteiger partial charge is 0.356 e. The summed E-state index contributed by atoms with van der Waals surface area (Å²) in [6.45, 7) is 0.0701. The molecule has 1 saturated heterocycles. The molecule has 29 heavy (non-hydrogen) atoms. The van der Waals surface area contributed by atoms with Gasteiger partial charge < -0.3 is 15.5 Å². The Balaban J connectivity index is 1.37. The van der Waals surface area contributed by atoms with Crippen LogP contribution in [0.3, 0.4) is 0 Å². The number of nitrogens with zero attached hydrogens (tertiary/aromatic N) is 1. The SMILES string of the molecule is O=C(CNS(=O)(=O)c1cccc(Cl)c1)NC1CC2C(=O)Nc3ccccc3N2C1. The van der Waals surface area contributed by atoms with E-state index in [-0.39, 0.29) is 22.9 Å². The predicted molar refractivity (Wildman–Crippen MR) is 109 cm³/mol. The Morgan fingerprint density at radius 3 is 2.79 bits per heavy atom. The van der Waals surface area contributed by atoms with E-state index in [1.807, 2.05) is 29.2 Å². The lowest BCUT2D eigenvalue weighted by atomic mass is 10.1. The van der Waals surface area contributed by atoms with Crippen LogP contribution in [0.5, 0.6) is 0 Å². The molecule has 0 aromatic heterocycles. The van der Waals surface area contributed by atoms with E-state index in [9.17, 15) is 18.0 Å². The Labute approximate surface area is 173 Å². The number of hydrogen-bond donors (Lipinski definition) is 3. The van der Waals surface area contributed by atoms with Crippen LogP contribution in [0.25, 0.3) is 0 Å². The average Bonchev–Trinajstić information content (AvgIpc) is 3.11. The van der Waals surface area contributed by atoms with Crippen molar-refractivity contribution in [3.05, 3.63) is 53.6 Å². The van der Waals surface area contributed by atoms with Gasteiger partial charge in [0.2, 0.25) is 21.8 Å². The lowest BCUT2D eigenvalue weighted by Gasteiger charge is -2.32. The topological polar surface area (TPSA) is 108 Å². The second kappa shape index (κ2) is 7.66. The van der Waals surface area contributed by atoms with Crippen LogP contribution in [0.1, 0.15) is 6.42 Å². The monoisotopic (exact) mass is 434 g/mol. The van der Waals surface area contributed by atoms with E-state index in [2.05, 4.69) is 15.4 Å². The highest BCUT2D eigenvalue weighted by Crippen LogP contribution is 2.36. The van der Waals surface area contributed by atoms with E-state index >= 15 is 0 Å². The van der Waals surface area contributed by atoms with E-state index in [1.165, 1.54) is 18.2 Å². The molecule has 2 amide bonds. The Morgan fingerprint density at radius 2 is 2.00 bits per heavy atom. The predicted octanol–water partition coefficient (Wildman–Crippen LogP) is 1.33. The summed E-state index contributed by atoms with van der Waals surface area (Å²) in [6, 6.07) is 12.7. The second-order valence-electron chi connectivity index (χ2n) is 6.96. The van der Waals surface area contributed by atoms with E-state index in [1.54, 1.807) is 6.07 Å². The van der Waals surface area contributed by atoms with Gasteiger partial charge in [-0.25, -0.2) is 13.1 Å². The average molecular weight is 435 g/mol. The van der Waals surface area contributed by atoms with Gasteiger partial charge in [0.1, 0.15) is 6.04 Å². The molecule has 2 aromatic rings. The highest BCUT2D eigenvalue weighted by Gasteiger charge is 2.41. The third-order valence-corrected chi connectivity index (χ3v) is 6.60. The molecule has 1 fully saturated rings. The molecule has 0 saturated carbocycles. The number of hydrogen-bond acceptors (Lipinski definition) is 5. The molecule has 3 N–H and O–H groups in total. The van der Waals surface area contributed by atoms with Gasteiger partial charge in [0.15, 0.2) is 0 Å². The number of halogens is 1. The second-order valence-corrected chi connectivity index (χ2v) is 9.16. The highest BCUT2D eigenvalue weighted by atomic mass is 35.5. The number of anilines is 2. The molecule has 2 aromatic carbocycles. The Bertz CT molecular complexity index is 1080. The molecular formula is C19H19ClN4O4S. The number of amides is 2. The number of fused-ring (bicyclic) bond motifs is 3. The van der Waals surface area contributed by atoms with Gasteiger partial charge in [0.05, 0.1) is 22.8 Å². The quantitative estimate of drug-likeness (QED) is 0.658. The number of benzene rings is 2. The first-order valence-electron chi connectivity index (χ1n) is 9.04. The highest BCUT2D eigenvalue weighted by molar-refractivity contribution is 7.89. The first-order valence-corrected chi connectivity index (χ1v) is 10.9. The van der Waals surface area contributed by atoms with Gasteiger partial charge in [-0.05, 0) is 36.8 Å². The van der Waals surface area contributed by atoms with Gasteiger partial charge in [-0.1, -0.05) is 29.8 Å². The molecule has 0 bridgehead atoms. The summed E-state index contributed by atoms with van der Waals surface area (Å²) in [4.78, 5) is 26.6. The van der Waals surface area contributed by atoms with Crippen LogP contribution in [0.15, 0.2) is 53.4 Å². The van der Waals surface area contributed by atoms with E-state index in [0.717, 1.165) is 11.4 Å². The molecule has 4 rings (SSSR count). The fourth-order valence-corrected chi connectivity index (χ4v) is 4.94. The van der Waals surface area contributed by atoms with Crippen molar-refractivity contribution in [3.8, 4) is 0 Å². The van der Waals surface area contributed by atoms with Crippen molar-refractivity contribution in [2.45, 2.75) is 23.4 Å². The summed E-state index contributed by atoms with van der Waals surface area (Å²) in [7, 11) is -3.85. The molecule has 0 aliphatic carbocycles. The normalized spacial score (nSPS) is 20.6. The van der Waals surface area contributed by atoms with Gasteiger partial charge in [-0.3, -0.25) is 9.59 Å². The van der Waals surface area contributed by atoms with Crippen molar-refractivity contribution in [1.82, 2.24) is 10.0 Å². The summed E-state index contributed by atoms with van der Waals surface area (Å²) in [6.07, 6.45) is 0.451. The van der Waals surface area contributed by atoms with Crippen molar-refractivity contribution in [1.29, 1.82) is 0 Å². The number of carbonyl (C=O) groups excluding carboxylic acids is 2. The molecular weight excluding hydrogens is 416 g/mol. The molecule has 2 aliphatic heterocycles. The van der Waals surface area contributed by atoms with Crippen molar-refractivity contribution >= 4 is 44.8 Å². The number of sulfonamides is 1. The molecule has 8 nitrogen and oxygen atoms in total. The lowest BCUT2D eigenvalue weighted by Crippen LogP contribution is -2.44. The van der Waals surface area contributed by atoms with Crippen LogP contribution in [0.4, 0.5) is 11.4 Å². The van der Waals surface area contributed by atoms with Crippen molar-refractivity contribution in [3.63, 3.8) is 0 Å². The molecule has 0 spiro atoms. The van der Waals surface area contributed by atoms with Crippen molar-refractivity contribution in [2.24, 2.45) is 0 Å². The van der Waals surface area contributed by atoms with Gasteiger partial charge >= 0.3 is 0 Å². The molecule has 10 heteroatoms. The maximum absolute atomic E-state index is 12.3. The Hall–Kier alpha value is -2.62. The first-order chi connectivity index (χ1) is 13.8. The molecule has 2 atom stereocenters. The summed E-state index contributed by atoms with van der Waals surface area (Å²) < 4.78 is 26.9. The summed E-state index contributed by atoms with van der Waals surface area (Å²) in [5, 5.41) is 5.98. The number of nitrogens with one attached hydrogen (secondary N) is 3. The molecule has 2 aliphatic rings. The fraction of sp³-hybridized carbons (Fsp3) is 0.263. The standard InChI is InChI=1S/C19H19ClN4O4S/c20-12-4-3-5-14(8-12)29(27,28)21-10-18(25)22-13-9-17-19(26)23-15-6-1-2-7-16(15)24(17)11-13/h1-8,13,17,21H,9-11H2,(H,22,25)(H,23,26). The molecule has 2 unspecified atom stereocenters. The third-order valence-electron chi connectivity index (χ3n) is 4.97. The van der Waals surface area contributed by atoms with Crippen LogP contribution in [0.2, 0.25) is 5.02 Å². The molecule has 2 heterocycles. The zero-order chi connectivity index (χ0) is 20.6. The summed E-state index contributed by atoms with van der Waals surface area (Å²) in [5.41, 5.74) is 1.66. The van der Waals surface area contributed by atoms with Gasteiger partial charge in [0, 0.05) is 17.6 Å². The summed E-state index contributed by atoms with van der Waals surface area (Å²) in [5.74, 6) is -0.573. The van der Waals surface area contributed by atoms with Crippen molar-refractivity contribution in [2.75, 3.05) is 23.3 Å². The number of carbonyl (C=O) groups is 2. The zero-order valence-corrected chi connectivity index (χ0v) is 16.8. The lowest BCUT2D eigenvalue weighted by molar-refractivity contribution is -0.121. The minimum atomic E-state index is -3.85. The smallest absolute Gasteiger partial charge is 0.247 e. The van der Waals surface area contributed by atoms with Gasteiger partial charge in [-0.15, -0.1) is 0 Å². The first kappa shape index (κ1) is 19.7. The Morgan fingerprint density at radius 1 is 1.21 bits per heavy atom. The Kier molecular flexibility index (Phi) is 5.20. The minimum absolute atomic E-state index is 0.0101. The van der Waals surface area contributed by atoms with Crippen LogP contribution >= 0.6 is 11.6 Å². The molecule has 0 radical (unpaired) electrons. The maximum atomic E-state index is 12.3. The van der Waals surface area contributed by atoms with Crippen molar-refractivity contribution < 1.29 is 18.0 Å². The number of para-hydroxylation sites is 2. The fourth-order valence-electron chi connectivity index (χ4n) is 3.66. The third kappa shape index (κ3) is 4.07. The minimum Gasteiger partial charge on any atom is -0.356 e. The van der Waals surface area contributed by atoms with Crippen LogP contribution in [-0.2, 0) is 19.6 Å². The van der Waals surface area contributed by atoms with Gasteiger partial charge in [-0.2, -0.15) is 0 Å². The zero-order valence-electron chi connectivity index (χ0n) is 15.3. The molecule has 152 valence electrons.